The number of fused-ring (bicyclic) bond motifs is 7. The Kier molecular flexibility index (Phi) is 4.77. The maximum atomic E-state index is 6.90. The van der Waals surface area contributed by atoms with Crippen molar-refractivity contribution in [2.75, 3.05) is 0 Å². The maximum absolute atomic E-state index is 6.90. The Morgan fingerprint density at radius 2 is 1.34 bits per heavy atom. The average molecular weight is 460 g/mol. The van der Waals surface area contributed by atoms with Crippen molar-refractivity contribution in [1.82, 2.24) is 4.98 Å². The van der Waals surface area contributed by atoms with Crippen LogP contribution in [0.4, 0.5) is 0 Å². The lowest BCUT2D eigenvalue weighted by molar-refractivity contribution is 0.280. The van der Waals surface area contributed by atoms with Crippen LogP contribution >= 0.6 is 0 Å². The summed E-state index contributed by atoms with van der Waals surface area (Å²) in [5.74, 6) is 0.925. The van der Waals surface area contributed by atoms with Gasteiger partial charge in [0.2, 0.25) is 0 Å². The summed E-state index contributed by atoms with van der Waals surface area (Å²) >= 11 is 0. The molecule has 0 N–H and O–H groups in total. The minimum Gasteiger partial charge on any atom is -0.455 e. The van der Waals surface area contributed by atoms with Gasteiger partial charge in [0.1, 0.15) is 11.2 Å². The molecule has 1 aliphatic rings. The van der Waals surface area contributed by atoms with E-state index >= 15 is 0 Å². The van der Waals surface area contributed by atoms with Gasteiger partial charge in [0.25, 0.3) is 0 Å². The van der Waals surface area contributed by atoms with Crippen molar-refractivity contribution in [2.45, 2.75) is 53.9 Å². The fraction of sp³-hybridized carbons (Fsp3) is 0.303. The molecule has 0 aliphatic heterocycles. The van der Waals surface area contributed by atoms with Gasteiger partial charge in [0, 0.05) is 33.5 Å². The van der Waals surface area contributed by atoms with Crippen LogP contribution in [0.25, 0.3) is 44.3 Å². The molecular weight excluding hydrogens is 426 g/mol. The van der Waals surface area contributed by atoms with Gasteiger partial charge in [-0.05, 0) is 72.1 Å². The smallest absolute Gasteiger partial charge is 0.145 e. The van der Waals surface area contributed by atoms with Crippen molar-refractivity contribution in [2.24, 2.45) is 11.8 Å². The van der Waals surface area contributed by atoms with E-state index in [1.165, 1.54) is 44.3 Å². The van der Waals surface area contributed by atoms with E-state index in [0.717, 1.165) is 27.8 Å². The van der Waals surface area contributed by atoms with E-state index < -0.39 is 0 Å². The first-order valence-corrected chi connectivity index (χ1v) is 12.8. The number of aryl methyl sites for hydroxylation is 3. The van der Waals surface area contributed by atoms with E-state index in [2.05, 4.69) is 103 Å². The van der Waals surface area contributed by atoms with Crippen LogP contribution in [0.5, 0.6) is 0 Å². The van der Waals surface area contributed by atoms with Gasteiger partial charge < -0.3 is 4.42 Å². The minimum atomic E-state index is -0.0343. The molecule has 0 saturated carbocycles. The molecule has 1 aliphatic carbocycles. The number of hydrogen-bond donors (Lipinski definition) is 0. The molecule has 0 amide bonds. The van der Waals surface area contributed by atoms with Crippen LogP contribution in [0.2, 0.25) is 0 Å². The number of rotatable bonds is 3. The first-order chi connectivity index (χ1) is 16.8. The molecule has 2 nitrogen and oxygen atoms in total. The molecule has 3 aromatic carbocycles. The van der Waals surface area contributed by atoms with E-state index in [1.54, 1.807) is 0 Å². The number of nitrogens with zero attached hydrogens (tertiary/aromatic N) is 1. The largest absolute Gasteiger partial charge is 0.455 e. The fourth-order valence-electron chi connectivity index (χ4n) is 6.81. The maximum Gasteiger partial charge on any atom is 0.145 e. The third kappa shape index (κ3) is 2.80. The van der Waals surface area contributed by atoms with Crippen LogP contribution in [0.3, 0.4) is 0 Å². The molecule has 6 rings (SSSR count). The highest BCUT2D eigenvalue weighted by Gasteiger charge is 2.48. The van der Waals surface area contributed by atoms with Gasteiger partial charge in [0.15, 0.2) is 0 Å². The van der Waals surface area contributed by atoms with Gasteiger partial charge in [-0.2, -0.15) is 0 Å². The van der Waals surface area contributed by atoms with Crippen molar-refractivity contribution in [3.05, 3.63) is 88.6 Å². The van der Waals surface area contributed by atoms with Crippen molar-refractivity contribution < 1.29 is 4.42 Å². The first kappa shape index (κ1) is 22.1. The highest BCUT2D eigenvalue weighted by atomic mass is 16.3. The molecule has 5 aromatic rings. The Labute approximate surface area is 208 Å². The molecule has 2 heterocycles. The second-order valence-corrected chi connectivity index (χ2v) is 11.0. The lowest BCUT2D eigenvalue weighted by Gasteiger charge is -2.40. The second-order valence-electron chi connectivity index (χ2n) is 11.0. The molecule has 35 heavy (non-hydrogen) atoms. The van der Waals surface area contributed by atoms with Crippen molar-refractivity contribution >= 4 is 21.9 Å². The second kappa shape index (κ2) is 7.55. The van der Waals surface area contributed by atoms with Gasteiger partial charge in [0.05, 0.1) is 5.69 Å². The van der Waals surface area contributed by atoms with Crippen molar-refractivity contribution in [3.63, 3.8) is 0 Å². The van der Waals surface area contributed by atoms with Gasteiger partial charge in [-0.15, -0.1) is 0 Å². The zero-order valence-corrected chi connectivity index (χ0v) is 21.8. The predicted octanol–water partition coefficient (Wildman–Crippen LogP) is 9.15. The Morgan fingerprint density at radius 1 is 0.686 bits per heavy atom. The zero-order valence-electron chi connectivity index (χ0n) is 21.8. The average Bonchev–Trinajstić information content (AvgIpc) is 3.34. The van der Waals surface area contributed by atoms with Gasteiger partial charge in [-0.3, -0.25) is 4.98 Å². The molecule has 0 bridgehead atoms. The summed E-state index contributed by atoms with van der Waals surface area (Å²) in [6.07, 6.45) is 1.97. The monoisotopic (exact) mass is 459 g/mol. The topological polar surface area (TPSA) is 26.0 Å². The number of furan rings is 1. The van der Waals surface area contributed by atoms with E-state index in [-0.39, 0.29) is 5.41 Å². The summed E-state index contributed by atoms with van der Waals surface area (Å²) in [5.41, 5.74) is 13.0. The Bertz CT molecular complexity index is 1620. The number of benzene rings is 3. The third-order valence-electron chi connectivity index (χ3n) is 8.56. The lowest BCUT2D eigenvalue weighted by Crippen LogP contribution is -2.37. The summed E-state index contributed by atoms with van der Waals surface area (Å²) in [6.45, 7) is 15.9. The summed E-state index contributed by atoms with van der Waals surface area (Å²) in [6, 6.07) is 20.2. The van der Waals surface area contributed by atoms with E-state index in [9.17, 15) is 0 Å². The van der Waals surface area contributed by atoms with Crippen LogP contribution in [0, 0.1) is 32.6 Å². The van der Waals surface area contributed by atoms with Crippen LogP contribution in [-0.4, -0.2) is 4.98 Å². The van der Waals surface area contributed by atoms with Crippen LogP contribution in [-0.2, 0) is 5.41 Å². The van der Waals surface area contributed by atoms with Gasteiger partial charge >= 0.3 is 0 Å². The summed E-state index contributed by atoms with van der Waals surface area (Å²) in [4.78, 5) is 4.81. The molecule has 2 aromatic heterocycles. The number of hydrogen-bond acceptors (Lipinski definition) is 2. The van der Waals surface area contributed by atoms with Gasteiger partial charge in [-0.1, -0.05) is 76.2 Å². The normalized spacial score (nSPS) is 14.3. The van der Waals surface area contributed by atoms with E-state index in [4.69, 9.17) is 9.40 Å². The SMILES string of the molecule is Cc1cnc(-c2c(C)ccc3c2oc2c4c(ccc23)C(C(C)C)(C(C)C)c2ccccc2-4)cc1C. The quantitative estimate of drug-likeness (QED) is 0.269. The summed E-state index contributed by atoms with van der Waals surface area (Å²) < 4.78 is 6.90. The summed E-state index contributed by atoms with van der Waals surface area (Å²) in [7, 11) is 0. The Balaban J connectivity index is 1.74. The molecule has 0 saturated heterocycles. The minimum absolute atomic E-state index is 0.0343. The highest BCUT2D eigenvalue weighted by Crippen LogP contribution is 2.58. The molecule has 2 heteroatoms. The van der Waals surface area contributed by atoms with E-state index in [0.29, 0.717) is 11.8 Å². The van der Waals surface area contributed by atoms with Crippen LogP contribution in [0.15, 0.2) is 65.2 Å². The molecule has 0 radical (unpaired) electrons. The zero-order chi connectivity index (χ0) is 24.6. The number of aromatic nitrogens is 1. The standard InChI is InChI=1S/C33H33NO/c1-18(2)33(19(3)4)26-11-9-8-10-25(26)30-27(33)15-14-24-23-13-12-20(5)29(31(23)35-32(24)30)28-16-21(6)22(7)17-34-28/h8-19H,1-7H3. The predicted molar refractivity (Wildman–Crippen MR) is 147 cm³/mol. The highest BCUT2D eigenvalue weighted by molar-refractivity contribution is 6.14. The molecule has 176 valence electrons. The molecule has 0 fully saturated rings. The summed E-state index contributed by atoms with van der Waals surface area (Å²) in [5, 5.41) is 2.34. The molecular formula is C33H33NO. The Morgan fingerprint density at radius 3 is 2.03 bits per heavy atom. The molecule has 0 spiro atoms. The fourth-order valence-corrected chi connectivity index (χ4v) is 6.81. The Hall–Kier alpha value is -3.39. The van der Waals surface area contributed by atoms with Gasteiger partial charge in [-0.25, -0.2) is 0 Å². The van der Waals surface area contributed by atoms with Crippen LogP contribution < -0.4 is 0 Å². The molecule has 0 atom stereocenters. The van der Waals surface area contributed by atoms with Crippen molar-refractivity contribution in [3.8, 4) is 22.4 Å². The van der Waals surface area contributed by atoms with Crippen molar-refractivity contribution in [1.29, 1.82) is 0 Å². The lowest BCUT2D eigenvalue weighted by atomic mass is 9.63. The first-order valence-electron chi connectivity index (χ1n) is 12.8. The van der Waals surface area contributed by atoms with E-state index in [1.807, 2.05) is 6.20 Å². The molecule has 0 unspecified atom stereocenters. The van der Waals surface area contributed by atoms with Crippen LogP contribution in [0.1, 0.15) is 55.5 Å². The third-order valence-corrected chi connectivity index (χ3v) is 8.56. The number of pyridine rings is 1.